The second-order valence-corrected chi connectivity index (χ2v) is 5.99. The molecule has 3 rings (SSSR count). The number of halogens is 1. The molecule has 0 saturated heterocycles. The zero-order valence-corrected chi connectivity index (χ0v) is 18.0. The Labute approximate surface area is 177 Å². The van der Waals surface area contributed by atoms with Crippen LogP contribution in [0, 0.1) is 0 Å². The molecule has 2 aromatic carbocycles. The molecule has 0 bridgehead atoms. The highest BCUT2D eigenvalue weighted by atomic mass is 127. The third-order valence-electron chi connectivity index (χ3n) is 4.24. The summed E-state index contributed by atoms with van der Waals surface area (Å²) in [7, 11) is 3.48. The molecular weight excluding hydrogens is 453 g/mol. The van der Waals surface area contributed by atoms with Gasteiger partial charge < -0.3 is 19.8 Å². The Morgan fingerprint density at radius 3 is 2.44 bits per heavy atom. The molecular formula is C21H26IN3O2. The van der Waals surface area contributed by atoms with Crippen molar-refractivity contribution in [3.8, 4) is 5.75 Å². The van der Waals surface area contributed by atoms with Gasteiger partial charge in [-0.1, -0.05) is 36.4 Å². The number of nitrogens with zero attached hydrogens (tertiary/aromatic N) is 1. The molecule has 3 aromatic rings. The molecule has 0 unspecified atom stereocenters. The van der Waals surface area contributed by atoms with Crippen molar-refractivity contribution < 1.29 is 9.15 Å². The molecule has 5 nitrogen and oxygen atoms in total. The van der Waals surface area contributed by atoms with Crippen LogP contribution >= 0.6 is 24.0 Å². The summed E-state index contributed by atoms with van der Waals surface area (Å²) >= 11 is 0. The summed E-state index contributed by atoms with van der Waals surface area (Å²) in [6, 6.07) is 18.2. The van der Waals surface area contributed by atoms with Crippen molar-refractivity contribution in [1.29, 1.82) is 0 Å². The third kappa shape index (κ3) is 5.89. The number of rotatable bonds is 7. The predicted octanol–water partition coefficient (Wildman–Crippen LogP) is 4.01. The lowest BCUT2D eigenvalue weighted by molar-refractivity contribution is 0.409. The second kappa shape index (κ2) is 10.8. The van der Waals surface area contributed by atoms with Crippen molar-refractivity contribution in [2.45, 2.75) is 12.8 Å². The fraction of sp³-hybridized carbons (Fsp3) is 0.286. The van der Waals surface area contributed by atoms with Crippen LogP contribution in [0.2, 0.25) is 0 Å². The lowest BCUT2D eigenvalue weighted by Crippen LogP contribution is -2.39. The molecule has 0 radical (unpaired) electrons. The Hall–Kier alpha value is -2.22. The fourth-order valence-corrected chi connectivity index (χ4v) is 2.91. The van der Waals surface area contributed by atoms with E-state index < -0.39 is 0 Å². The molecule has 2 N–H and O–H groups in total. The first-order valence-corrected chi connectivity index (χ1v) is 8.84. The second-order valence-electron chi connectivity index (χ2n) is 5.99. The number of methoxy groups -OCH3 is 1. The van der Waals surface area contributed by atoms with Gasteiger partial charge in [-0.15, -0.1) is 24.0 Å². The highest BCUT2D eigenvalue weighted by Crippen LogP contribution is 2.19. The molecule has 0 spiro atoms. The van der Waals surface area contributed by atoms with Crippen LogP contribution in [0.5, 0.6) is 5.75 Å². The number of ether oxygens (including phenoxy) is 1. The summed E-state index contributed by atoms with van der Waals surface area (Å²) in [4.78, 5) is 4.27. The van der Waals surface area contributed by atoms with Gasteiger partial charge in [0.25, 0.3) is 0 Å². The molecule has 6 heteroatoms. The van der Waals surface area contributed by atoms with Gasteiger partial charge >= 0.3 is 0 Å². The SMILES string of the molecule is CN=C(NCCc1cc2ccccc2o1)NCCc1ccccc1OC.I. The Kier molecular flexibility index (Phi) is 8.44. The van der Waals surface area contributed by atoms with Crippen molar-refractivity contribution in [3.63, 3.8) is 0 Å². The number of para-hydroxylation sites is 2. The highest BCUT2D eigenvalue weighted by Gasteiger charge is 2.05. The van der Waals surface area contributed by atoms with Crippen LogP contribution in [-0.2, 0) is 12.8 Å². The van der Waals surface area contributed by atoms with Gasteiger partial charge in [0.05, 0.1) is 7.11 Å². The number of aliphatic imine (C=N–C) groups is 1. The lowest BCUT2D eigenvalue weighted by atomic mass is 10.1. The maximum atomic E-state index is 5.83. The molecule has 0 fully saturated rings. The molecule has 1 aromatic heterocycles. The number of furan rings is 1. The van der Waals surface area contributed by atoms with Gasteiger partial charge in [0.2, 0.25) is 0 Å². The maximum Gasteiger partial charge on any atom is 0.191 e. The quantitative estimate of drug-likeness (QED) is 0.306. The molecule has 1 heterocycles. The van der Waals surface area contributed by atoms with Gasteiger partial charge in [0, 0.05) is 31.9 Å². The largest absolute Gasteiger partial charge is 0.496 e. The standard InChI is InChI=1S/C21H25N3O2.HI/c1-22-21(23-13-11-16-7-3-5-9-19(16)25-2)24-14-12-18-15-17-8-4-6-10-20(17)26-18;/h3-10,15H,11-14H2,1-2H3,(H2,22,23,24);1H. The minimum Gasteiger partial charge on any atom is -0.496 e. The van der Waals surface area contributed by atoms with E-state index >= 15 is 0 Å². The first-order valence-electron chi connectivity index (χ1n) is 8.84. The molecule has 0 aliphatic heterocycles. The Bertz CT molecular complexity index is 843. The van der Waals surface area contributed by atoms with E-state index in [0.717, 1.165) is 54.4 Å². The van der Waals surface area contributed by atoms with Gasteiger partial charge in [0.15, 0.2) is 5.96 Å². The van der Waals surface area contributed by atoms with E-state index in [1.54, 1.807) is 14.2 Å². The Morgan fingerprint density at radius 2 is 1.70 bits per heavy atom. The Morgan fingerprint density at radius 1 is 1.00 bits per heavy atom. The number of hydrogen-bond acceptors (Lipinski definition) is 3. The lowest BCUT2D eigenvalue weighted by Gasteiger charge is -2.12. The minimum atomic E-state index is 0. The van der Waals surface area contributed by atoms with Crippen molar-refractivity contribution in [2.24, 2.45) is 4.99 Å². The zero-order valence-electron chi connectivity index (χ0n) is 15.7. The zero-order chi connectivity index (χ0) is 18.2. The van der Waals surface area contributed by atoms with E-state index in [4.69, 9.17) is 9.15 Å². The van der Waals surface area contributed by atoms with E-state index in [-0.39, 0.29) is 24.0 Å². The van der Waals surface area contributed by atoms with E-state index in [9.17, 15) is 0 Å². The summed E-state index contributed by atoms with van der Waals surface area (Å²) in [5.74, 6) is 2.68. The molecule has 0 aliphatic rings. The van der Waals surface area contributed by atoms with Gasteiger partial charge in [-0.05, 0) is 30.2 Å². The number of benzene rings is 2. The van der Waals surface area contributed by atoms with Crippen LogP contribution < -0.4 is 15.4 Å². The van der Waals surface area contributed by atoms with Crippen LogP contribution in [0.3, 0.4) is 0 Å². The van der Waals surface area contributed by atoms with E-state index in [1.165, 1.54) is 5.56 Å². The summed E-state index contributed by atoms with van der Waals surface area (Å²) in [6.45, 7) is 1.54. The van der Waals surface area contributed by atoms with Crippen LogP contribution in [0.1, 0.15) is 11.3 Å². The van der Waals surface area contributed by atoms with Crippen molar-refractivity contribution in [3.05, 3.63) is 65.9 Å². The average Bonchev–Trinajstić information content (AvgIpc) is 3.10. The van der Waals surface area contributed by atoms with Gasteiger partial charge in [-0.25, -0.2) is 0 Å². The smallest absolute Gasteiger partial charge is 0.191 e. The van der Waals surface area contributed by atoms with Gasteiger partial charge in [-0.3, -0.25) is 4.99 Å². The van der Waals surface area contributed by atoms with Crippen LogP contribution in [0.4, 0.5) is 0 Å². The number of fused-ring (bicyclic) bond motifs is 1. The molecule has 0 aliphatic carbocycles. The van der Waals surface area contributed by atoms with Gasteiger partial charge in [0.1, 0.15) is 17.1 Å². The number of guanidine groups is 1. The topological polar surface area (TPSA) is 58.8 Å². The normalized spacial score (nSPS) is 11.1. The van der Waals surface area contributed by atoms with E-state index in [1.807, 2.05) is 36.4 Å². The third-order valence-corrected chi connectivity index (χ3v) is 4.24. The summed E-state index contributed by atoms with van der Waals surface area (Å²) < 4.78 is 11.2. The molecule has 0 amide bonds. The number of hydrogen-bond donors (Lipinski definition) is 2. The fourth-order valence-electron chi connectivity index (χ4n) is 2.91. The monoisotopic (exact) mass is 479 g/mol. The Balaban J connectivity index is 0.00000261. The number of nitrogens with one attached hydrogen (secondary N) is 2. The van der Waals surface area contributed by atoms with E-state index in [2.05, 4.69) is 33.8 Å². The predicted molar refractivity (Wildman–Crippen MR) is 121 cm³/mol. The molecule has 144 valence electrons. The van der Waals surface area contributed by atoms with Crippen LogP contribution in [0.15, 0.2) is 64.0 Å². The highest BCUT2D eigenvalue weighted by molar-refractivity contribution is 14.0. The molecule has 0 atom stereocenters. The summed E-state index contributed by atoms with van der Waals surface area (Å²) in [5, 5.41) is 7.80. The van der Waals surface area contributed by atoms with E-state index in [0.29, 0.717) is 0 Å². The van der Waals surface area contributed by atoms with Crippen molar-refractivity contribution in [1.82, 2.24) is 10.6 Å². The van der Waals surface area contributed by atoms with Crippen molar-refractivity contribution in [2.75, 3.05) is 27.2 Å². The first kappa shape index (κ1) is 21.1. The minimum absolute atomic E-state index is 0. The summed E-state index contributed by atoms with van der Waals surface area (Å²) in [5.41, 5.74) is 2.11. The maximum absolute atomic E-state index is 5.83. The summed E-state index contributed by atoms with van der Waals surface area (Å²) in [6.07, 6.45) is 1.68. The molecule has 27 heavy (non-hydrogen) atoms. The van der Waals surface area contributed by atoms with Crippen LogP contribution in [0.25, 0.3) is 11.0 Å². The van der Waals surface area contributed by atoms with Gasteiger partial charge in [-0.2, -0.15) is 0 Å². The van der Waals surface area contributed by atoms with Crippen molar-refractivity contribution >= 4 is 40.9 Å². The first-order chi connectivity index (χ1) is 12.8. The average molecular weight is 479 g/mol. The van der Waals surface area contributed by atoms with Crippen LogP contribution in [-0.4, -0.2) is 33.2 Å². The molecule has 0 saturated carbocycles.